The number of anilines is 1. The number of aliphatic imine (C=N–C) groups is 2. The van der Waals surface area contributed by atoms with Crippen LogP contribution in [0.15, 0.2) is 45.6 Å². The summed E-state index contributed by atoms with van der Waals surface area (Å²) in [5.74, 6) is 1.48. The molecular weight excluding hydrogens is 322 g/mol. The van der Waals surface area contributed by atoms with Crippen molar-refractivity contribution in [1.82, 2.24) is 10.2 Å². The average molecular weight is 341 g/mol. The van der Waals surface area contributed by atoms with Gasteiger partial charge in [-0.2, -0.15) is 9.98 Å². The Morgan fingerprint density at radius 1 is 1.28 bits per heavy atom. The van der Waals surface area contributed by atoms with Gasteiger partial charge in [-0.05, 0) is 24.3 Å². The highest BCUT2D eigenvalue weighted by Gasteiger charge is 2.35. The molecule has 130 valence electrons. The van der Waals surface area contributed by atoms with Gasteiger partial charge in [-0.1, -0.05) is 0 Å². The normalized spacial score (nSPS) is 20.2. The minimum atomic E-state index is -0.206. The van der Waals surface area contributed by atoms with Crippen molar-refractivity contribution >= 4 is 29.3 Å². The second-order valence-electron chi connectivity index (χ2n) is 5.71. The fraction of sp³-hybridized carbons (Fsp3) is 0.250. The molecule has 0 saturated carbocycles. The molecule has 0 atom stereocenters. The van der Waals surface area contributed by atoms with Gasteiger partial charge in [0.15, 0.2) is 0 Å². The van der Waals surface area contributed by atoms with Gasteiger partial charge in [-0.25, -0.2) is 0 Å². The number of guanidine groups is 2. The molecule has 1 fully saturated rings. The number of amides is 1. The van der Waals surface area contributed by atoms with E-state index in [1.54, 1.807) is 50.4 Å². The van der Waals surface area contributed by atoms with Crippen LogP contribution in [0, 0.1) is 5.41 Å². The van der Waals surface area contributed by atoms with E-state index in [-0.39, 0.29) is 24.1 Å². The van der Waals surface area contributed by atoms with Crippen LogP contribution in [0.25, 0.3) is 0 Å². The van der Waals surface area contributed by atoms with Crippen molar-refractivity contribution in [3.8, 4) is 5.75 Å². The third-order valence-electron chi connectivity index (χ3n) is 3.78. The largest absolute Gasteiger partial charge is 0.497 e. The number of hydrogen-bond acceptors (Lipinski definition) is 8. The van der Waals surface area contributed by atoms with Gasteiger partial charge in [-0.15, -0.1) is 0 Å². The first-order valence-electron chi connectivity index (χ1n) is 7.57. The fourth-order valence-corrected chi connectivity index (χ4v) is 2.53. The first-order chi connectivity index (χ1) is 11.9. The van der Waals surface area contributed by atoms with Gasteiger partial charge in [0.05, 0.1) is 19.2 Å². The maximum absolute atomic E-state index is 12.5. The lowest BCUT2D eigenvalue weighted by molar-refractivity contribution is -0.116. The lowest BCUT2D eigenvalue weighted by atomic mass is 10.2. The Balaban J connectivity index is 1.97. The minimum absolute atomic E-state index is 0.0602. The minimum Gasteiger partial charge on any atom is -0.497 e. The molecule has 2 heterocycles. The maximum Gasteiger partial charge on any atom is 0.237 e. The first kappa shape index (κ1) is 16.5. The van der Waals surface area contributed by atoms with Crippen molar-refractivity contribution < 1.29 is 9.53 Å². The Bertz CT molecular complexity index is 821. The summed E-state index contributed by atoms with van der Waals surface area (Å²) >= 11 is 0. The summed E-state index contributed by atoms with van der Waals surface area (Å²) in [7, 11) is 5.15. The van der Waals surface area contributed by atoms with E-state index < -0.39 is 0 Å². The van der Waals surface area contributed by atoms with Crippen LogP contribution < -0.4 is 20.7 Å². The second-order valence-corrected chi connectivity index (χ2v) is 5.71. The van der Waals surface area contributed by atoms with Gasteiger partial charge >= 0.3 is 0 Å². The third kappa shape index (κ3) is 3.03. The summed E-state index contributed by atoms with van der Waals surface area (Å²) in [5, 5.41) is 11.3. The van der Waals surface area contributed by atoms with Crippen molar-refractivity contribution in [3.05, 3.63) is 35.7 Å². The SMILES string of the molecule is COc1ccc(N2C(=N)/C(=C3/N=C(N(C)C)N=C(N)N3)CC2=O)cc1. The first-order valence-corrected chi connectivity index (χ1v) is 7.57. The predicted octanol–water partition coefficient (Wildman–Crippen LogP) is 0.456. The molecule has 0 spiro atoms. The van der Waals surface area contributed by atoms with Gasteiger partial charge in [0, 0.05) is 19.7 Å². The molecular formula is C16H19N7O2. The van der Waals surface area contributed by atoms with E-state index >= 15 is 0 Å². The molecule has 0 radical (unpaired) electrons. The molecule has 1 aromatic carbocycles. The molecule has 2 aliphatic heterocycles. The Hall–Kier alpha value is -3.36. The van der Waals surface area contributed by atoms with Gasteiger partial charge in [0.2, 0.25) is 17.8 Å². The molecule has 0 bridgehead atoms. The Morgan fingerprint density at radius 3 is 2.56 bits per heavy atom. The van der Waals surface area contributed by atoms with E-state index in [0.717, 1.165) is 0 Å². The molecule has 1 amide bonds. The zero-order valence-corrected chi connectivity index (χ0v) is 14.2. The molecule has 25 heavy (non-hydrogen) atoms. The molecule has 0 aromatic heterocycles. The zero-order valence-electron chi connectivity index (χ0n) is 14.2. The van der Waals surface area contributed by atoms with Crippen LogP contribution in [-0.4, -0.2) is 49.8 Å². The standard InChI is InChI=1S/C16H19N7O2/c1-22(2)16-20-14(19-15(18)21-16)11-8-12(24)23(13(11)17)9-4-6-10(25-3)7-5-9/h4-7,17H,8H2,1-3H3,(H3,18,19,20,21)/b14-11+,17-13?. The highest BCUT2D eigenvalue weighted by atomic mass is 16.5. The molecule has 9 nitrogen and oxygen atoms in total. The molecule has 3 rings (SSSR count). The Labute approximate surface area is 145 Å². The van der Waals surface area contributed by atoms with Crippen molar-refractivity contribution in [1.29, 1.82) is 5.41 Å². The number of nitrogens with zero attached hydrogens (tertiary/aromatic N) is 4. The van der Waals surface area contributed by atoms with Gasteiger partial charge in [0.1, 0.15) is 17.4 Å². The molecule has 1 aromatic rings. The summed E-state index contributed by atoms with van der Waals surface area (Å²) in [4.78, 5) is 24.0. The number of rotatable bonds is 2. The van der Waals surface area contributed by atoms with Crippen molar-refractivity contribution in [2.75, 3.05) is 26.1 Å². The van der Waals surface area contributed by atoms with Crippen LogP contribution in [0.4, 0.5) is 5.69 Å². The number of hydrogen-bond donors (Lipinski definition) is 3. The van der Waals surface area contributed by atoms with Crippen molar-refractivity contribution in [3.63, 3.8) is 0 Å². The second kappa shape index (κ2) is 6.27. The molecule has 2 aliphatic rings. The van der Waals surface area contributed by atoms with E-state index in [9.17, 15) is 4.79 Å². The van der Waals surface area contributed by atoms with Crippen molar-refractivity contribution in [2.24, 2.45) is 15.7 Å². The summed E-state index contributed by atoms with van der Waals surface area (Å²) in [6.07, 6.45) is 0.0602. The molecule has 0 aliphatic carbocycles. The highest BCUT2D eigenvalue weighted by Crippen LogP contribution is 2.29. The summed E-state index contributed by atoms with van der Waals surface area (Å²) in [6.45, 7) is 0. The van der Waals surface area contributed by atoms with Crippen LogP contribution >= 0.6 is 0 Å². The molecule has 0 unspecified atom stereocenters. The lowest BCUT2D eigenvalue weighted by Gasteiger charge is -2.20. The molecule has 4 N–H and O–H groups in total. The maximum atomic E-state index is 12.5. The van der Waals surface area contributed by atoms with E-state index in [0.29, 0.717) is 28.8 Å². The lowest BCUT2D eigenvalue weighted by Crippen LogP contribution is -2.39. The predicted molar refractivity (Wildman–Crippen MR) is 95.7 cm³/mol. The monoisotopic (exact) mass is 341 g/mol. The Kier molecular flexibility index (Phi) is 4.14. The van der Waals surface area contributed by atoms with Gasteiger partial charge in [0.25, 0.3) is 0 Å². The van der Waals surface area contributed by atoms with Crippen LogP contribution in [-0.2, 0) is 4.79 Å². The Morgan fingerprint density at radius 2 is 1.96 bits per heavy atom. The number of carbonyl (C=O) groups is 1. The van der Waals surface area contributed by atoms with Crippen molar-refractivity contribution in [2.45, 2.75) is 6.42 Å². The number of benzene rings is 1. The molecule has 1 saturated heterocycles. The average Bonchev–Trinajstić information content (AvgIpc) is 2.89. The smallest absolute Gasteiger partial charge is 0.237 e. The van der Waals surface area contributed by atoms with E-state index in [1.165, 1.54) is 4.90 Å². The molecule has 9 heteroatoms. The van der Waals surface area contributed by atoms with E-state index in [1.807, 2.05) is 0 Å². The van der Waals surface area contributed by atoms with Crippen LogP contribution in [0.2, 0.25) is 0 Å². The summed E-state index contributed by atoms with van der Waals surface area (Å²) < 4.78 is 5.12. The van der Waals surface area contributed by atoms with Crippen LogP contribution in [0.1, 0.15) is 6.42 Å². The van der Waals surface area contributed by atoms with Gasteiger partial charge < -0.3 is 20.7 Å². The van der Waals surface area contributed by atoms with Gasteiger partial charge in [-0.3, -0.25) is 15.1 Å². The van der Waals surface area contributed by atoms with E-state index in [4.69, 9.17) is 15.9 Å². The number of nitrogens with one attached hydrogen (secondary N) is 2. The van der Waals surface area contributed by atoms with Crippen LogP contribution in [0.5, 0.6) is 5.75 Å². The summed E-state index contributed by atoms with van der Waals surface area (Å²) in [5.41, 5.74) is 6.86. The number of methoxy groups -OCH3 is 1. The number of ether oxygens (including phenoxy) is 1. The summed E-state index contributed by atoms with van der Waals surface area (Å²) in [6, 6.07) is 6.95. The zero-order chi connectivity index (χ0) is 18.1. The number of nitrogens with two attached hydrogens (primary N) is 1. The third-order valence-corrected chi connectivity index (χ3v) is 3.78. The topological polar surface area (TPSA) is 119 Å². The number of carbonyl (C=O) groups excluding carboxylic acids is 1. The fourth-order valence-electron chi connectivity index (χ4n) is 2.53. The van der Waals surface area contributed by atoms with E-state index in [2.05, 4.69) is 15.3 Å². The quantitative estimate of drug-likeness (QED) is 0.722. The highest BCUT2D eigenvalue weighted by molar-refractivity contribution is 6.29. The van der Waals surface area contributed by atoms with Crippen LogP contribution in [0.3, 0.4) is 0 Å². The number of amidine groups is 1.